The lowest BCUT2D eigenvalue weighted by molar-refractivity contribution is 0.406. The summed E-state index contributed by atoms with van der Waals surface area (Å²) in [5.74, 6) is 0. The van der Waals surface area contributed by atoms with Crippen LogP contribution in [0.2, 0.25) is 5.02 Å². The van der Waals surface area contributed by atoms with E-state index in [1.807, 2.05) is 23.9 Å². The van der Waals surface area contributed by atoms with Crippen LogP contribution in [0.1, 0.15) is 45.4 Å². The fourth-order valence-corrected chi connectivity index (χ4v) is 4.22. The molecule has 2 atom stereocenters. The molecule has 0 spiro atoms. The summed E-state index contributed by atoms with van der Waals surface area (Å²) < 4.78 is 0. The third-order valence-corrected chi connectivity index (χ3v) is 5.43. The first-order valence-electron chi connectivity index (χ1n) is 7.45. The summed E-state index contributed by atoms with van der Waals surface area (Å²) in [6.07, 6.45) is 8.18. The van der Waals surface area contributed by atoms with E-state index in [1.54, 1.807) is 0 Å². The van der Waals surface area contributed by atoms with Crippen molar-refractivity contribution in [3.63, 3.8) is 0 Å². The molecule has 0 heterocycles. The Morgan fingerprint density at radius 3 is 2.47 bits per heavy atom. The second-order valence-electron chi connectivity index (χ2n) is 5.27. The van der Waals surface area contributed by atoms with E-state index in [9.17, 15) is 0 Å². The molecule has 2 rings (SSSR count). The summed E-state index contributed by atoms with van der Waals surface area (Å²) in [7, 11) is 0. The van der Waals surface area contributed by atoms with Crippen molar-refractivity contribution in [3.8, 4) is 0 Å². The fourth-order valence-electron chi connectivity index (χ4n) is 2.78. The first-order valence-corrected chi connectivity index (χ1v) is 8.71. The van der Waals surface area contributed by atoms with Gasteiger partial charge in [-0.05, 0) is 43.7 Å². The second kappa shape index (κ2) is 8.18. The van der Waals surface area contributed by atoms with Crippen LogP contribution in [0.25, 0.3) is 0 Å². The minimum absolute atomic E-state index is 0.658. The van der Waals surface area contributed by atoms with E-state index >= 15 is 0 Å². The Morgan fingerprint density at radius 2 is 1.79 bits per heavy atom. The minimum atomic E-state index is 0.658. The number of halogens is 1. The van der Waals surface area contributed by atoms with Crippen molar-refractivity contribution in [1.82, 2.24) is 5.32 Å². The highest BCUT2D eigenvalue weighted by Crippen LogP contribution is 2.33. The molecule has 1 nitrogen and oxygen atoms in total. The Morgan fingerprint density at radius 1 is 1.11 bits per heavy atom. The summed E-state index contributed by atoms with van der Waals surface area (Å²) in [4.78, 5) is 1.35. The molecule has 19 heavy (non-hydrogen) atoms. The summed E-state index contributed by atoms with van der Waals surface area (Å²) in [6, 6.07) is 8.94. The lowest BCUT2D eigenvalue weighted by Crippen LogP contribution is -2.38. The third-order valence-electron chi connectivity index (χ3n) is 3.77. The van der Waals surface area contributed by atoms with Crippen LogP contribution in [0.15, 0.2) is 29.2 Å². The van der Waals surface area contributed by atoms with E-state index < -0.39 is 0 Å². The summed E-state index contributed by atoms with van der Waals surface area (Å²) >= 11 is 7.98. The smallest absolute Gasteiger partial charge is 0.0406 e. The lowest BCUT2D eigenvalue weighted by Gasteiger charge is -2.29. The topological polar surface area (TPSA) is 12.0 Å². The van der Waals surface area contributed by atoms with Gasteiger partial charge in [-0.2, -0.15) is 0 Å². The maximum atomic E-state index is 5.96. The Bertz CT molecular complexity index is 366. The molecule has 1 aromatic carbocycles. The molecule has 1 fully saturated rings. The van der Waals surface area contributed by atoms with Gasteiger partial charge in [0, 0.05) is 21.2 Å². The molecule has 0 amide bonds. The molecule has 0 saturated heterocycles. The molecule has 1 aliphatic rings. The summed E-state index contributed by atoms with van der Waals surface area (Å²) in [5.41, 5.74) is 0. The largest absolute Gasteiger partial charge is 0.313 e. The SMILES string of the molecule is CCNC1CCCCCCC1Sc1ccc(Cl)cc1. The number of hydrogen-bond acceptors (Lipinski definition) is 2. The normalized spacial score (nSPS) is 24.7. The minimum Gasteiger partial charge on any atom is -0.313 e. The molecule has 106 valence electrons. The van der Waals surface area contributed by atoms with Crippen molar-refractivity contribution >= 4 is 23.4 Å². The number of hydrogen-bond donors (Lipinski definition) is 1. The molecule has 0 bridgehead atoms. The monoisotopic (exact) mass is 297 g/mol. The molecular weight excluding hydrogens is 274 g/mol. The molecule has 0 aromatic heterocycles. The van der Waals surface area contributed by atoms with Crippen LogP contribution in [0, 0.1) is 0 Å². The van der Waals surface area contributed by atoms with Gasteiger partial charge in [0.15, 0.2) is 0 Å². The van der Waals surface area contributed by atoms with Crippen molar-refractivity contribution in [2.24, 2.45) is 0 Å². The van der Waals surface area contributed by atoms with Crippen LogP contribution in [0.4, 0.5) is 0 Å². The van der Waals surface area contributed by atoms with Crippen molar-refractivity contribution in [2.75, 3.05) is 6.54 Å². The standard InChI is InChI=1S/C16H24ClNS/c1-2-18-15-7-5-3-4-6-8-16(15)19-14-11-9-13(17)10-12-14/h9-12,15-16,18H,2-8H2,1H3. The molecule has 0 aliphatic heterocycles. The van der Waals surface area contributed by atoms with Crippen LogP contribution < -0.4 is 5.32 Å². The summed E-state index contributed by atoms with van der Waals surface area (Å²) in [5, 5.41) is 5.21. The zero-order valence-corrected chi connectivity index (χ0v) is 13.3. The van der Waals surface area contributed by atoms with E-state index in [4.69, 9.17) is 11.6 Å². The molecule has 2 unspecified atom stereocenters. The van der Waals surface area contributed by atoms with Gasteiger partial charge in [0.25, 0.3) is 0 Å². The molecular formula is C16H24ClNS. The van der Waals surface area contributed by atoms with Gasteiger partial charge in [0.2, 0.25) is 0 Å². The molecule has 3 heteroatoms. The average Bonchev–Trinajstić information content (AvgIpc) is 2.39. The van der Waals surface area contributed by atoms with Gasteiger partial charge >= 0.3 is 0 Å². The molecule has 1 saturated carbocycles. The van der Waals surface area contributed by atoms with Crippen molar-refractivity contribution in [3.05, 3.63) is 29.3 Å². The molecule has 1 N–H and O–H groups in total. The Kier molecular flexibility index (Phi) is 6.55. The van der Waals surface area contributed by atoms with Gasteiger partial charge in [-0.15, -0.1) is 11.8 Å². The number of thioether (sulfide) groups is 1. The van der Waals surface area contributed by atoms with E-state index in [2.05, 4.69) is 24.4 Å². The first-order chi connectivity index (χ1) is 9.29. The van der Waals surface area contributed by atoms with Crippen LogP contribution in [-0.4, -0.2) is 17.8 Å². The van der Waals surface area contributed by atoms with E-state index in [0.29, 0.717) is 11.3 Å². The van der Waals surface area contributed by atoms with Crippen molar-refractivity contribution in [1.29, 1.82) is 0 Å². The maximum Gasteiger partial charge on any atom is 0.0406 e. The fraction of sp³-hybridized carbons (Fsp3) is 0.625. The molecule has 0 radical (unpaired) electrons. The molecule has 1 aliphatic carbocycles. The van der Waals surface area contributed by atoms with Crippen LogP contribution in [-0.2, 0) is 0 Å². The second-order valence-corrected chi connectivity index (χ2v) is 7.01. The van der Waals surface area contributed by atoms with Gasteiger partial charge in [0.05, 0.1) is 0 Å². The van der Waals surface area contributed by atoms with Crippen LogP contribution in [0.3, 0.4) is 0 Å². The van der Waals surface area contributed by atoms with Gasteiger partial charge < -0.3 is 5.32 Å². The van der Waals surface area contributed by atoms with Gasteiger partial charge in [0.1, 0.15) is 0 Å². The first kappa shape index (κ1) is 15.2. The predicted octanol–water partition coefficient (Wildman–Crippen LogP) is 5.13. The van der Waals surface area contributed by atoms with E-state index in [0.717, 1.165) is 11.6 Å². The number of benzene rings is 1. The Balaban J connectivity index is 2.01. The van der Waals surface area contributed by atoms with Crippen molar-refractivity contribution < 1.29 is 0 Å². The third kappa shape index (κ3) is 5.02. The summed E-state index contributed by atoms with van der Waals surface area (Å²) in [6.45, 7) is 3.28. The van der Waals surface area contributed by atoms with Crippen molar-refractivity contribution in [2.45, 2.75) is 61.6 Å². The highest BCUT2D eigenvalue weighted by Gasteiger charge is 2.22. The maximum absolute atomic E-state index is 5.96. The zero-order chi connectivity index (χ0) is 13.5. The number of rotatable bonds is 4. The molecule has 1 aromatic rings. The Labute approximate surface area is 126 Å². The number of nitrogens with one attached hydrogen (secondary N) is 1. The predicted molar refractivity (Wildman–Crippen MR) is 86.3 cm³/mol. The van der Waals surface area contributed by atoms with E-state index in [1.165, 1.54) is 43.4 Å². The quantitative estimate of drug-likeness (QED) is 0.826. The highest BCUT2D eigenvalue weighted by molar-refractivity contribution is 8.00. The lowest BCUT2D eigenvalue weighted by atomic mass is 9.96. The van der Waals surface area contributed by atoms with Gasteiger partial charge in [-0.1, -0.05) is 44.2 Å². The average molecular weight is 298 g/mol. The zero-order valence-electron chi connectivity index (χ0n) is 11.7. The van der Waals surface area contributed by atoms with Gasteiger partial charge in [-0.25, -0.2) is 0 Å². The highest BCUT2D eigenvalue weighted by atomic mass is 35.5. The van der Waals surface area contributed by atoms with Gasteiger partial charge in [-0.3, -0.25) is 0 Å². The van der Waals surface area contributed by atoms with Crippen LogP contribution in [0.5, 0.6) is 0 Å². The van der Waals surface area contributed by atoms with Crippen LogP contribution >= 0.6 is 23.4 Å². The van der Waals surface area contributed by atoms with E-state index in [-0.39, 0.29) is 0 Å². The Hall–Kier alpha value is -0.180.